The number of benzene rings is 1. The Labute approximate surface area is 214 Å². The van der Waals surface area contributed by atoms with E-state index in [9.17, 15) is 9.18 Å². The van der Waals surface area contributed by atoms with Crippen LogP contribution in [0.4, 0.5) is 4.39 Å². The van der Waals surface area contributed by atoms with E-state index in [1.807, 2.05) is 19.2 Å². The van der Waals surface area contributed by atoms with E-state index in [-0.39, 0.29) is 22.9 Å². The number of carbonyl (C=O) groups excluding carboxylic acids is 1. The number of halogens is 1. The summed E-state index contributed by atoms with van der Waals surface area (Å²) in [5, 5.41) is 4.63. The molecule has 1 aromatic carbocycles. The number of ketones is 1. The van der Waals surface area contributed by atoms with Gasteiger partial charge in [-0.1, -0.05) is 32.9 Å². The predicted molar refractivity (Wildman–Crippen MR) is 140 cm³/mol. The molecule has 0 amide bonds. The third-order valence-electron chi connectivity index (χ3n) is 6.98. The number of hydrogen-bond donors (Lipinski definition) is 0. The fraction of sp³-hybridized carbons (Fsp3) is 0.500. The van der Waals surface area contributed by atoms with E-state index in [0.717, 1.165) is 41.8 Å². The summed E-state index contributed by atoms with van der Waals surface area (Å²) in [7, 11) is 1.86. The van der Waals surface area contributed by atoms with E-state index in [0.29, 0.717) is 25.3 Å². The van der Waals surface area contributed by atoms with Crippen molar-refractivity contribution in [3.05, 3.63) is 76.0 Å². The summed E-state index contributed by atoms with van der Waals surface area (Å²) in [5.41, 5.74) is 6.08. The van der Waals surface area contributed by atoms with Gasteiger partial charge in [-0.25, -0.2) is 9.07 Å². The number of aromatic nitrogens is 3. The number of aryl methyl sites for hydroxylation is 3. The van der Waals surface area contributed by atoms with E-state index in [2.05, 4.69) is 38.0 Å². The lowest BCUT2D eigenvalue weighted by Gasteiger charge is -2.22. The van der Waals surface area contributed by atoms with Crippen LogP contribution in [0.3, 0.4) is 0 Å². The first-order chi connectivity index (χ1) is 17.1. The SMILES string of the molecule is CC(=O)CC(Cc1cc(OCCc2ccc3c(n2)CCCC3)n(C)n1)c1cc(F)cc(C(C)(C)C)c1. The van der Waals surface area contributed by atoms with Crippen molar-refractivity contribution in [1.29, 1.82) is 0 Å². The summed E-state index contributed by atoms with van der Waals surface area (Å²) in [6.45, 7) is 8.29. The molecular formula is C30H38FN3O2. The van der Waals surface area contributed by atoms with Crippen molar-refractivity contribution in [3.8, 4) is 5.88 Å². The van der Waals surface area contributed by atoms with Crippen LogP contribution in [-0.2, 0) is 42.9 Å². The zero-order valence-electron chi connectivity index (χ0n) is 22.2. The van der Waals surface area contributed by atoms with Crippen molar-refractivity contribution in [2.45, 2.75) is 84.0 Å². The van der Waals surface area contributed by atoms with Crippen molar-refractivity contribution in [2.75, 3.05) is 6.61 Å². The Bertz CT molecular complexity index is 1230. The highest BCUT2D eigenvalue weighted by Gasteiger charge is 2.22. The third kappa shape index (κ3) is 6.59. The molecule has 6 heteroatoms. The minimum absolute atomic E-state index is 0.0755. The van der Waals surface area contributed by atoms with Crippen molar-refractivity contribution in [2.24, 2.45) is 7.05 Å². The van der Waals surface area contributed by atoms with Crippen LogP contribution >= 0.6 is 0 Å². The number of rotatable bonds is 9. The molecule has 1 aliphatic carbocycles. The fourth-order valence-corrected chi connectivity index (χ4v) is 4.96. The summed E-state index contributed by atoms with van der Waals surface area (Å²) in [6, 6.07) is 11.4. The summed E-state index contributed by atoms with van der Waals surface area (Å²) >= 11 is 0. The van der Waals surface area contributed by atoms with Crippen molar-refractivity contribution < 1.29 is 13.9 Å². The molecular weight excluding hydrogens is 453 g/mol. The van der Waals surface area contributed by atoms with Crippen molar-refractivity contribution >= 4 is 5.78 Å². The molecule has 0 N–H and O–H groups in total. The van der Waals surface area contributed by atoms with Gasteiger partial charge in [-0.2, -0.15) is 5.10 Å². The van der Waals surface area contributed by atoms with Crippen LogP contribution in [-0.4, -0.2) is 27.2 Å². The van der Waals surface area contributed by atoms with Crippen LogP contribution in [0.1, 0.15) is 86.6 Å². The zero-order chi connectivity index (χ0) is 25.9. The molecule has 1 aliphatic rings. The van der Waals surface area contributed by atoms with Gasteiger partial charge in [-0.3, -0.25) is 4.98 Å². The number of pyridine rings is 1. The molecule has 36 heavy (non-hydrogen) atoms. The van der Waals surface area contributed by atoms with Crippen LogP contribution in [0.2, 0.25) is 0 Å². The second-order valence-electron chi connectivity index (χ2n) is 11.1. The molecule has 2 aromatic heterocycles. The predicted octanol–water partition coefficient (Wildman–Crippen LogP) is 6.06. The summed E-state index contributed by atoms with van der Waals surface area (Å²) in [4.78, 5) is 16.9. The number of Topliss-reactive ketones (excluding diaryl/α,β-unsaturated/α-hetero) is 1. The standard InChI is InChI=1S/C30H38FN3O2/c1-20(35)14-22(23-15-24(30(2,3)4)18-25(31)16-23)17-27-19-29(34(5)33-27)36-13-12-26-11-10-21-8-6-7-9-28(21)32-26/h10-11,15-16,18-19,22H,6-9,12-14,17H2,1-5H3. The highest BCUT2D eigenvalue weighted by Crippen LogP contribution is 2.31. The highest BCUT2D eigenvalue weighted by atomic mass is 19.1. The molecule has 1 unspecified atom stereocenters. The number of ether oxygens (including phenoxy) is 1. The van der Waals surface area contributed by atoms with E-state index in [1.54, 1.807) is 23.7 Å². The Balaban J connectivity index is 1.44. The Morgan fingerprint density at radius 1 is 1.11 bits per heavy atom. The summed E-state index contributed by atoms with van der Waals surface area (Å²) in [6.07, 6.45) is 6.28. The van der Waals surface area contributed by atoms with Gasteiger partial charge in [-0.05, 0) is 85.3 Å². The van der Waals surface area contributed by atoms with Gasteiger partial charge in [0.2, 0.25) is 5.88 Å². The average Bonchev–Trinajstić information content (AvgIpc) is 3.16. The number of nitrogens with zero attached hydrogens (tertiary/aromatic N) is 3. The molecule has 2 heterocycles. The van der Waals surface area contributed by atoms with E-state index < -0.39 is 0 Å². The van der Waals surface area contributed by atoms with E-state index >= 15 is 0 Å². The van der Waals surface area contributed by atoms with Gasteiger partial charge in [-0.15, -0.1) is 0 Å². The molecule has 0 aliphatic heterocycles. The number of carbonyl (C=O) groups is 1. The topological polar surface area (TPSA) is 57.0 Å². The maximum atomic E-state index is 14.5. The van der Waals surface area contributed by atoms with E-state index in [4.69, 9.17) is 9.72 Å². The lowest BCUT2D eigenvalue weighted by molar-refractivity contribution is -0.117. The van der Waals surface area contributed by atoms with Crippen molar-refractivity contribution in [3.63, 3.8) is 0 Å². The number of fused-ring (bicyclic) bond motifs is 1. The third-order valence-corrected chi connectivity index (χ3v) is 6.98. The minimum atomic E-state index is -0.271. The Morgan fingerprint density at radius 3 is 2.64 bits per heavy atom. The highest BCUT2D eigenvalue weighted by molar-refractivity contribution is 5.76. The Morgan fingerprint density at radius 2 is 1.89 bits per heavy atom. The minimum Gasteiger partial charge on any atom is -0.477 e. The van der Waals surface area contributed by atoms with Gasteiger partial charge in [0.25, 0.3) is 0 Å². The Hall–Kier alpha value is -3.02. The monoisotopic (exact) mass is 491 g/mol. The van der Waals surface area contributed by atoms with Gasteiger partial charge < -0.3 is 9.53 Å². The summed E-state index contributed by atoms with van der Waals surface area (Å²) in [5.74, 6) is 0.333. The van der Waals surface area contributed by atoms with Gasteiger partial charge in [0.15, 0.2) is 0 Å². The van der Waals surface area contributed by atoms with Crippen LogP contribution in [0.15, 0.2) is 36.4 Å². The molecule has 0 saturated heterocycles. The molecule has 0 spiro atoms. The first kappa shape index (κ1) is 26.1. The van der Waals surface area contributed by atoms with Gasteiger partial charge in [0.05, 0.1) is 12.3 Å². The van der Waals surface area contributed by atoms with Crippen LogP contribution in [0.5, 0.6) is 5.88 Å². The zero-order valence-corrected chi connectivity index (χ0v) is 22.2. The van der Waals surface area contributed by atoms with Gasteiger partial charge in [0.1, 0.15) is 11.6 Å². The number of hydrogen-bond acceptors (Lipinski definition) is 4. The first-order valence-corrected chi connectivity index (χ1v) is 13.0. The molecule has 1 atom stereocenters. The summed E-state index contributed by atoms with van der Waals surface area (Å²) < 4.78 is 22.3. The van der Waals surface area contributed by atoms with Crippen LogP contribution in [0.25, 0.3) is 0 Å². The average molecular weight is 492 g/mol. The van der Waals surface area contributed by atoms with Gasteiger partial charge >= 0.3 is 0 Å². The lowest BCUT2D eigenvalue weighted by atomic mass is 9.82. The van der Waals surface area contributed by atoms with Crippen LogP contribution in [0, 0.1) is 5.82 Å². The lowest BCUT2D eigenvalue weighted by Crippen LogP contribution is -2.14. The van der Waals surface area contributed by atoms with Crippen LogP contribution < -0.4 is 4.74 Å². The molecule has 5 nitrogen and oxygen atoms in total. The van der Waals surface area contributed by atoms with Gasteiger partial charge in [0, 0.05) is 37.3 Å². The molecule has 0 bridgehead atoms. The largest absolute Gasteiger partial charge is 0.477 e. The second-order valence-corrected chi connectivity index (χ2v) is 11.1. The molecule has 0 fully saturated rings. The molecule has 0 radical (unpaired) electrons. The normalized spacial score (nSPS) is 14.4. The first-order valence-electron chi connectivity index (χ1n) is 13.0. The second kappa shape index (κ2) is 10.9. The smallest absolute Gasteiger partial charge is 0.211 e. The molecule has 3 aromatic rings. The maximum absolute atomic E-state index is 14.5. The Kier molecular flexibility index (Phi) is 7.91. The molecule has 4 rings (SSSR count). The maximum Gasteiger partial charge on any atom is 0.211 e. The van der Waals surface area contributed by atoms with E-state index in [1.165, 1.54) is 24.1 Å². The molecule has 192 valence electrons. The quantitative estimate of drug-likeness (QED) is 0.365. The van der Waals surface area contributed by atoms with Crippen molar-refractivity contribution in [1.82, 2.24) is 14.8 Å². The fourth-order valence-electron chi connectivity index (χ4n) is 4.96. The molecule has 0 saturated carbocycles.